The van der Waals surface area contributed by atoms with Gasteiger partial charge in [0.25, 0.3) is 0 Å². The van der Waals surface area contributed by atoms with Crippen LogP contribution >= 0.6 is 11.3 Å². The van der Waals surface area contributed by atoms with Crippen molar-refractivity contribution in [3.63, 3.8) is 0 Å². The first-order valence-corrected chi connectivity index (χ1v) is 7.16. The Balaban J connectivity index is 1.82. The number of carbonyl (C=O) groups is 1. The van der Waals surface area contributed by atoms with Crippen molar-refractivity contribution in [2.24, 2.45) is 5.92 Å². The van der Waals surface area contributed by atoms with E-state index in [9.17, 15) is 13.6 Å². The van der Waals surface area contributed by atoms with E-state index >= 15 is 0 Å². The zero-order chi connectivity index (χ0) is 14.1. The Labute approximate surface area is 118 Å². The maximum Gasteiger partial charge on any atom is 0.229 e. The Hall–Kier alpha value is -1.82. The van der Waals surface area contributed by atoms with Crippen molar-refractivity contribution in [3.05, 3.63) is 35.9 Å². The van der Waals surface area contributed by atoms with Gasteiger partial charge in [-0.2, -0.15) is 0 Å². The lowest BCUT2D eigenvalue weighted by molar-refractivity contribution is -0.120. The number of hydrogen-bond donors (Lipinski definition) is 1. The van der Waals surface area contributed by atoms with Gasteiger partial charge < -0.3 is 5.32 Å². The number of benzene rings is 1. The van der Waals surface area contributed by atoms with Crippen molar-refractivity contribution in [2.45, 2.75) is 19.3 Å². The minimum Gasteiger partial charge on any atom is -0.302 e. The summed E-state index contributed by atoms with van der Waals surface area (Å²) >= 11 is 1.08. The van der Waals surface area contributed by atoms with E-state index in [0.717, 1.165) is 30.2 Å². The van der Waals surface area contributed by atoms with E-state index < -0.39 is 11.6 Å². The Morgan fingerprint density at radius 3 is 2.95 bits per heavy atom. The number of anilines is 1. The van der Waals surface area contributed by atoms with Crippen LogP contribution in [0, 0.1) is 17.6 Å². The number of nitrogens with one attached hydrogen (secondary N) is 1. The first-order chi connectivity index (χ1) is 9.63. The number of halogens is 2. The van der Waals surface area contributed by atoms with Gasteiger partial charge in [0.05, 0.1) is 4.70 Å². The lowest BCUT2D eigenvalue weighted by Gasteiger charge is -2.15. The minimum atomic E-state index is -0.711. The van der Waals surface area contributed by atoms with Crippen LogP contribution in [0.2, 0.25) is 0 Å². The second-order valence-electron chi connectivity index (χ2n) is 4.72. The summed E-state index contributed by atoms with van der Waals surface area (Å²) in [5.74, 6) is -1.55. The quantitative estimate of drug-likeness (QED) is 0.854. The third-order valence-corrected chi connectivity index (χ3v) is 4.20. The summed E-state index contributed by atoms with van der Waals surface area (Å²) in [5.41, 5.74) is 0.0928. The fourth-order valence-electron chi connectivity index (χ4n) is 2.25. The van der Waals surface area contributed by atoms with Crippen LogP contribution in [0.4, 0.5) is 13.9 Å². The summed E-state index contributed by atoms with van der Waals surface area (Å²) in [5, 5.41) is 3.00. The van der Waals surface area contributed by atoms with Gasteiger partial charge in [0.2, 0.25) is 5.91 Å². The van der Waals surface area contributed by atoms with Crippen LogP contribution in [0.5, 0.6) is 0 Å². The number of allylic oxidation sites excluding steroid dienone is 2. The Morgan fingerprint density at radius 2 is 2.20 bits per heavy atom. The van der Waals surface area contributed by atoms with Crippen molar-refractivity contribution < 1.29 is 13.6 Å². The van der Waals surface area contributed by atoms with Crippen molar-refractivity contribution in [2.75, 3.05) is 5.32 Å². The summed E-state index contributed by atoms with van der Waals surface area (Å²) in [4.78, 5) is 16.1. The molecule has 1 aromatic carbocycles. The van der Waals surface area contributed by atoms with E-state index in [0.29, 0.717) is 16.3 Å². The maximum absolute atomic E-state index is 13.5. The van der Waals surface area contributed by atoms with Crippen molar-refractivity contribution in [3.8, 4) is 0 Å². The fourth-order valence-corrected chi connectivity index (χ4v) is 3.16. The van der Waals surface area contributed by atoms with E-state index in [4.69, 9.17) is 0 Å². The molecule has 3 nitrogen and oxygen atoms in total. The first kappa shape index (κ1) is 13.2. The summed E-state index contributed by atoms with van der Waals surface area (Å²) in [6, 6.07) is 2.01. The molecule has 1 amide bonds. The van der Waals surface area contributed by atoms with E-state index in [1.807, 2.05) is 6.08 Å². The fraction of sp³-hybridized carbons (Fsp3) is 0.286. The smallest absolute Gasteiger partial charge is 0.229 e. The molecule has 2 aromatic rings. The van der Waals surface area contributed by atoms with Gasteiger partial charge in [-0.1, -0.05) is 23.5 Å². The highest BCUT2D eigenvalue weighted by Gasteiger charge is 2.20. The van der Waals surface area contributed by atoms with Crippen LogP contribution in [0.1, 0.15) is 19.3 Å². The predicted molar refractivity (Wildman–Crippen MR) is 74.6 cm³/mol. The normalized spacial score (nSPS) is 18.4. The number of nitrogens with zero attached hydrogens (tertiary/aromatic N) is 1. The summed E-state index contributed by atoms with van der Waals surface area (Å²) in [6.07, 6.45) is 6.44. The minimum absolute atomic E-state index is 0.0754. The monoisotopic (exact) mass is 294 g/mol. The van der Waals surface area contributed by atoms with Gasteiger partial charge >= 0.3 is 0 Å². The number of thiazole rings is 1. The lowest BCUT2D eigenvalue weighted by Crippen LogP contribution is -2.23. The number of fused-ring (bicyclic) bond motifs is 1. The van der Waals surface area contributed by atoms with Crippen molar-refractivity contribution in [1.29, 1.82) is 0 Å². The van der Waals surface area contributed by atoms with Crippen molar-refractivity contribution in [1.82, 2.24) is 4.98 Å². The molecule has 0 fully saturated rings. The van der Waals surface area contributed by atoms with Crippen LogP contribution in [0.25, 0.3) is 10.2 Å². The maximum atomic E-state index is 13.5. The molecule has 1 heterocycles. The first-order valence-electron chi connectivity index (χ1n) is 6.35. The third kappa shape index (κ3) is 2.56. The van der Waals surface area contributed by atoms with Crippen LogP contribution in [0.15, 0.2) is 24.3 Å². The van der Waals surface area contributed by atoms with E-state index in [-0.39, 0.29) is 17.3 Å². The van der Waals surface area contributed by atoms with E-state index in [1.165, 1.54) is 6.07 Å². The van der Waals surface area contributed by atoms with Gasteiger partial charge in [0, 0.05) is 12.0 Å². The molecule has 3 rings (SSSR count). The van der Waals surface area contributed by atoms with Crippen LogP contribution in [-0.2, 0) is 4.79 Å². The molecule has 104 valence electrons. The Morgan fingerprint density at radius 1 is 1.35 bits per heavy atom. The van der Waals surface area contributed by atoms with Gasteiger partial charge in [-0.25, -0.2) is 13.8 Å². The van der Waals surface area contributed by atoms with Gasteiger partial charge in [-0.15, -0.1) is 0 Å². The van der Waals surface area contributed by atoms with Gasteiger partial charge in [-0.05, 0) is 25.3 Å². The summed E-state index contributed by atoms with van der Waals surface area (Å²) in [6.45, 7) is 0. The molecule has 1 N–H and O–H groups in total. The molecule has 0 unspecified atom stereocenters. The highest BCUT2D eigenvalue weighted by atomic mass is 32.1. The molecule has 0 saturated heterocycles. The largest absolute Gasteiger partial charge is 0.302 e. The average molecular weight is 294 g/mol. The highest BCUT2D eigenvalue weighted by molar-refractivity contribution is 7.22. The molecule has 1 aliphatic rings. The molecule has 0 aliphatic heterocycles. The molecule has 20 heavy (non-hydrogen) atoms. The summed E-state index contributed by atoms with van der Waals surface area (Å²) < 4.78 is 27.0. The molecular weight excluding hydrogens is 282 g/mol. The van der Waals surface area contributed by atoms with E-state index in [1.54, 1.807) is 0 Å². The molecule has 0 saturated carbocycles. The predicted octanol–water partition coefficient (Wildman–Crippen LogP) is 3.87. The van der Waals surface area contributed by atoms with E-state index in [2.05, 4.69) is 16.4 Å². The number of carbonyl (C=O) groups excluding carboxylic acids is 1. The molecule has 1 atom stereocenters. The molecule has 1 aliphatic carbocycles. The highest BCUT2D eigenvalue weighted by Crippen LogP contribution is 2.29. The van der Waals surface area contributed by atoms with Gasteiger partial charge in [0.15, 0.2) is 10.9 Å². The molecule has 6 heteroatoms. The number of amides is 1. The molecule has 1 aromatic heterocycles. The SMILES string of the molecule is O=C(Nc1nc2c(F)cc(F)cc2s1)[C@@H]1CC=CCC1. The van der Waals surface area contributed by atoms with Gasteiger partial charge in [-0.3, -0.25) is 4.79 Å². The zero-order valence-corrected chi connectivity index (χ0v) is 11.3. The molecular formula is C14H12F2N2OS. The van der Waals surface area contributed by atoms with Crippen LogP contribution < -0.4 is 5.32 Å². The Bertz CT molecular complexity index is 696. The standard InChI is InChI=1S/C14H12F2N2OS/c15-9-6-10(16)12-11(7-9)20-14(17-12)18-13(19)8-4-2-1-3-5-8/h1-2,6-8H,3-5H2,(H,17,18,19)/t8-/m1/s1. The van der Waals surface area contributed by atoms with Crippen LogP contribution in [0.3, 0.4) is 0 Å². The zero-order valence-electron chi connectivity index (χ0n) is 10.5. The van der Waals surface area contributed by atoms with Gasteiger partial charge in [0.1, 0.15) is 11.3 Å². The third-order valence-electron chi connectivity index (χ3n) is 3.28. The molecule has 0 spiro atoms. The number of hydrogen-bond acceptors (Lipinski definition) is 3. The molecule has 0 radical (unpaired) electrons. The average Bonchev–Trinajstić information content (AvgIpc) is 2.82. The number of aromatic nitrogens is 1. The number of rotatable bonds is 2. The second-order valence-corrected chi connectivity index (χ2v) is 5.75. The molecule has 0 bridgehead atoms. The van der Waals surface area contributed by atoms with Crippen molar-refractivity contribution >= 4 is 32.6 Å². The Kier molecular flexibility index (Phi) is 3.48. The topological polar surface area (TPSA) is 42.0 Å². The second kappa shape index (κ2) is 5.28. The summed E-state index contributed by atoms with van der Waals surface area (Å²) in [7, 11) is 0. The lowest BCUT2D eigenvalue weighted by atomic mass is 9.94. The van der Waals surface area contributed by atoms with Crippen LogP contribution in [-0.4, -0.2) is 10.9 Å².